The molecule has 180 valence electrons. The molecule has 0 aliphatic carbocycles. The molecule has 2 aromatic rings. The molecule has 0 aliphatic rings. The second kappa shape index (κ2) is 10.4. The van der Waals surface area contributed by atoms with Crippen LogP contribution in [-0.2, 0) is 21.5 Å². The minimum Gasteiger partial charge on any atom is -0.390 e. The molecule has 4 N–H and O–H groups in total. The second-order valence-corrected chi connectivity index (χ2v) is 9.61. The van der Waals surface area contributed by atoms with Crippen molar-refractivity contribution in [2.75, 3.05) is 16.3 Å². The first-order valence-corrected chi connectivity index (χ1v) is 12.5. The Morgan fingerprint density at radius 1 is 1.09 bits per heavy atom. The van der Waals surface area contributed by atoms with Gasteiger partial charge in [-0.2, -0.15) is 8.78 Å². The van der Waals surface area contributed by atoms with Crippen LogP contribution >= 0.6 is 0 Å². The van der Waals surface area contributed by atoms with Crippen LogP contribution in [0, 0.1) is 5.41 Å². The van der Waals surface area contributed by atoms with Crippen molar-refractivity contribution in [2.24, 2.45) is 0 Å². The number of alkyl halides is 2. The molecular weight excluding hydrogens is 448 g/mol. The number of benzene rings is 2. The third-order valence-corrected chi connectivity index (χ3v) is 6.17. The van der Waals surface area contributed by atoms with Gasteiger partial charge in [0.2, 0.25) is 10.0 Å². The molecule has 0 bridgehead atoms. The van der Waals surface area contributed by atoms with Gasteiger partial charge in [0.25, 0.3) is 5.92 Å². The van der Waals surface area contributed by atoms with E-state index in [0.717, 1.165) is 18.5 Å². The first-order chi connectivity index (χ1) is 15.4. The number of anilines is 2. The average molecular weight is 480 g/mol. The van der Waals surface area contributed by atoms with Crippen molar-refractivity contribution >= 4 is 27.6 Å². The molecule has 2 aromatic carbocycles. The minimum absolute atomic E-state index is 0.167. The lowest BCUT2D eigenvalue weighted by Gasteiger charge is -2.40. The van der Waals surface area contributed by atoms with Crippen molar-refractivity contribution in [1.29, 1.82) is 5.41 Å². The number of nitrogens with one attached hydrogen (secondary N) is 3. The highest BCUT2D eigenvalue weighted by Crippen LogP contribution is 2.38. The van der Waals surface area contributed by atoms with E-state index in [0.29, 0.717) is 29.7 Å². The predicted molar refractivity (Wildman–Crippen MR) is 130 cm³/mol. The van der Waals surface area contributed by atoms with E-state index in [1.807, 2.05) is 13.8 Å². The van der Waals surface area contributed by atoms with Crippen LogP contribution in [-0.4, -0.2) is 32.1 Å². The lowest BCUT2D eigenvalue weighted by atomic mass is 9.79. The van der Waals surface area contributed by atoms with Crippen molar-refractivity contribution in [3.8, 4) is 0 Å². The smallest absolute Gasteiger partial charge is 0.291 e. The van der Waals surface area contributed by atoms with Gasteiger partial charge in [-0.25, -0.2) is 8.42 Å². The van der Waals surface area contributed by atoms with Crippen LogP contribution in [0.2, 0.25) is 0 Å². The van der Waals surface area contributed by atoms with Crippen LogP contribution in [0.4, 0.5) is 20.2 Å². The molecule has 2 atom stereocenters. The summed E-state index contributed by atoms with van der Waals surface area (Å²) in [6.45, 7) is 5.20. The van der Waals surface area contributed by atoms with Crippen molar-refractivity contribution in [1.82, 2.24) is 0 Å². The van der Waals surface area contributed by atoms with E-state index >= 15 is 0 Å². The third-order valence-electron chi connectivity index (χ3n) is 5.58. The van der Waals surface area contributed by atoms with Crippen LogP contribution in [0.5, 0.6) is 0 Å². The standard InChI is InChI=1S/C24H31F2N3O3S/c1-5-15-24(25,26)18-13-11-17(12-14-18)23(7-3,22(30)6-2)28-20-9-8-10-21(19(20)16-27)29-33(4,31)32/h5,8-16,22,27-30H,6-7H2,1-4H3. The Morgan fingerprint density at radius 2 is 1.67 bits per heavy atom. The third kappa shape index (κ3) is 5.97. The molecule has 0 spiro atoms. The zero-order valence-electron chi connectivity index (χ0n) is 19.2. The highest BCUT2D eigenvalue weighted by atomic mass is 32.2. The fourth-order valence-electron chi connectivity index (χ4n) is 3.88. The van der Waals surface area contributed by atoms with Gasteiger partial charge >= 0.3 is 0 Å². The number of hydrogen-bond donors (Lipinski definition) is 4. The maximum absolute atomic E-state index is 14.3. The quantitative estimate of drug-likeness (QED) is 0.262. The predicted octanol–water partition coefficient (Wildman–Crippen LogP) is 5.21. The summed E-state index contributed by atoms with van der Waals surface area (Å²) < 4.78 is 54.4. The van der Waals surface area contributed by atoms with Gasteiger partial charge in [0.05, 0.1) is 23.6 Å². The van der Waals surface area contributed by atoms with Crippen molar-refractivity contribution in [3.05, 3.63) is 71.3 Å². The summed E-state index contributed by atoms with van der Waals surface area (Å²) in [6.07, 6.45) is 4.04. The molecule has 33 heavy (non-hydrogen) atoms. The number of rotatable bonds is 11. The Balaban J connectivity index is 2.61. The fourth-order valence-corrected chi connectivity index (χ4v) is 4.46. The normalized spacial score (nSPS) is 15.1. The van der Waals surface area contributed by atoms with Crippen LogP contribution in [0.1, 0.15) is 50.3 Å². The SMILES string of the molecule is CC=CC(F)(F)c1ccc(C(CC)(Nc2cccc(NS(C)(=O)=O)c2C=N)C(O)CC)cc1. The monoisotopic (exact) mass is 479 g/mol. The minimum atomic E-state index is -3.58. The molecule has 9 heteroatoms. The van der Waals surface area contributed by atoms with Crippen LogP contribution < -0.4 is 10.0 Å². The van der Waals surface area contributed by atoms with Gasteiger partial charge in [-0.15, -0.1) is 0 Å². The first kappa shape index (κ1) is 26.5. The Hall–Kier alpha value is -2.78. The highest BCUT2D eigenvalue weighted by molar-refractivity contribution is 7.92. The molecule has 0 saturated heterocycles. The lowest BCUT2D eigenvalue weighted by Crippen LogP contribution is -2.46. The molecule has 0 fully saturated rings. The molecule has 2 unspecified atom stereocenters. The maximum atomic E-state index is 14.3. The number of sulfonamides is 1. The van der Waals surface area contributed by atoms with E-state index in [1.54, 1.807) is 24.3 Å². The zero-order chi connectivity index (χ0) is 24.9. The zero-order valence-corrected chi connectivity index (χ0v) is 20.0. The van der Waals surface area contributed by atoms with Crippen molar-refractivity contribution in [3.63, 3.8) is 0 Å². The number of halogens is 2. The lowest BCUT2D eigenvalue weighted by molar-refractivity contribution is 0.0518. The number of allylic oxidation sites excluding steroid dienone is 2. The summed E-state index contributed by atoms with van der Waals surface area (Å²) >= 11 is 0. The summed E-state index contributed by atoms with van der Waals surface area (Å²) in [5.74, 6) is -3.11. The molecule has 0 saturated carbocycles. The van der Waals surface area contributed by atoms with Crippen LogP contribution in [0.15, 0.2) is 54.6 Å². The number of aliphatic hydroxyl groups is 1. The molecule has 0 radical (unpaired) electrons. The van der Waals surface area contributed by atoms with E-state index in [4.69, 9.17) is 5.41 Å². The Kier molecular flexibility index (Phi) is 8.37. The maximum Gasteiger partial charge on any atom is 0.291 e. The molecule has 0 aromatic heterocycles. The molecule has 0 heterocycles. The van der Waals surface area contributed by atoms with Crippen LogP contribution in [0.25, 0.3) is 0 Å². The van der Waals surface area contributed by atoms with E-state index in [-0.39, 0.29) is 11.3 Å². The molecule has 0 amide bonds. The van der Waals surface area contributed by atoms with Gasteiger partial charge in [-0.3, -0.25) is 4.72 Å². The molecule has 6 nitrogen and oxygen atoms in total. The Morgan fingerprint density at radius 3 is 2.15 bits per heavy atom. The van der Waals surface area contributed by atoms with Gasteiger partial charge < -0.3 is 15.8 Å². The van der Waals surface area contributed by atoms with Gasteiger partial charge in [-0.1, -0.05) is 50.3 Å². The average Bonchev–Trinajstić information content (AvgIpc) is 2.76. The van der Waals surface area contributed by atoms with E-state index in [1.165, 1.54) is 31.2 Å². The summed E-state index contributed by atoms with van der Waals surface area (Å²) in [5.41, 5.74) is 0.299. The summed E-state index contributed by atoms with van der Waals surface area (Å²) in [7, 11) is -3.58. The first-order valence-electron chi connectivity index (χ1n) is 10.6. The van der Waals surface area contributed by atoms with E-state index in [2.05, 4.69) is 10.0 Å². The largest absolute Gasteiger partial charge is 0.390 e. The fraction of sp³-hybridized carbons (Fsp3) is 0.375. The van der Waals surface area contributed by atoms with Gasteiger partial charge in [0.1, 0.15) is 0 Å². The summed E-state index contributed by atoms with van der Waals surface area (Å²) in [4.78, 5) is 0. The van der Waals surface area contributed by atoms with Gasteiger partial charge in [-0.05, 0) is 43.5 Å². The Bertz CT molecular complexity index is 1100. The topological polar surface area (TPSA) is 102 Å². The number of hydrogen-bond acceptors (Lipinski definition) is 5. The molecular formula is C24H31F2N3O3S. The van der Waals surface area contributed by atoms with Crippen LogP contribution in [0.3, 0.4) is 0 Å². The number of aliphatic hydroxyl groups excluding tert-OH is 1. The van der Waals surface area contributed by atoms with Gasteiger partial charge in [0, 0.05) is 23.0 Å². The molecule has 0 aliphatic heterocycles. The van der Waals surface area contributed by atoms with E-state index < -0.39 is 27.6 Å². The summed E-state index contributed by atoms with van der Waals surface area (Å²) in [5, 5.41) is 22.2. The van der Waals surface area contributed by atoms with Gasteiger partial charge in [0.15, 0.2) is 0 Å². The van der Waals surface area contributed by atoms with E-state index in [9.17, 15) is 22.3 Å². The van der Waals surface area contributed by atoms with Crippen molar-refractivity contribution in [2.45, 2.75) is 51.2 Å². The highest BCUT2D eigenvalue weighted by Gasteiger charge is 2.38. The van der Waals surface area contributed by atoms with Crippen molar-refractivity contribution < 1.29 is 22.3 Å². The second-order valence-electron chi connectivity index (χ2n) is 7.86. The summed E-state index contributed by atoms with van der Waals surface area (Å²) in [6, 6.07) is 10.6. The molecule has 2 rings (SSSR count). The Labute approximate surface area is 194 Å².